The number of hydrogen-bond donors (Lipinski definition) is 4. The van der Waals surface area contributed by atoms with E-state index in [9.17, 15) is 10.2 Å². The van der Waals surface area contributed by atoms with Crippen LogP contribution in [0, 0.1) is 5.92 Å². The lowest BCUT2D eigenvalue weighted by Crippen LogP contribution is -2.46. The van der Waals surface area contributed by atoms with Crippen LogP contribution in [0.3, 0.4) is 0 Å². The van der Waals surface area contributed by atoms with Crippen LogP contribution >= 0.6 is 0 Å². The highest BCUT2D eigenvalue weighted by atomic mass is 16.6. The maximum atomic E-state index is 9.33. The zero-order valence-electron chi connectivity index (χ0n) is 8.63. The van der Waals surface area contributed by atoms with Crippen molar-refractivity contribution in [3.8, 4) is 0 Å². The molecule has 1 heterocycles. The van der Waals surface area contributed by atoms with Crippen LogP contribution in [0.15, 0.2) is 0 Å². The van der Waals surface area contributed by atoms with Crippen molar-refractivity contribution in [2.45, 2.75) is 38.8 Å². The molecule has 0 aromatic carbocycles. The van der Waals surface area contributed by atoms with Crippen molar-refractivity contribution in [2.24, 2.45) is 5.92 Å². The topological polar surface area (TPSA) is 90.2 Å². The maximum Gasteiger partial charge on any atom is 0.162 e. The lowest BCUT2D eigenvalue weighted by molar-refractivity contribution is -0.237. The molecule has 1 saturated heterocycles. The number of hydrogen-bond acceptors (Lipinski definition) is 5. The van der Waals surface area contributed by atoms with Crippen LogP contribution in [0.1, 0.15) is 20.3 Å². The summed E-state index contributed by atoms with van der Waals surface area (Å²) in [5.41, 5.74) is 0. The Labute approximate surface area is 83.9 Å². The van der Waals surface area contributed by atoms with Crippen LogP contribution in [-0.2, 0) is 4.74 Å². The Morgan fingerprint density at radius 3 is 2.07 bits per heavy atom. The molecule has 0 spiro atoms. The summed E-state index contributed by atoms with van der Waals surface area (Å²) in [6.45, 7) is 3.45. The second-order valence-electron chi connectivity index (χ2n) is 2.98. The Hall–Kier alpha value is -0.200. The Bertz CT molecular complexity index is 129. The number of aliphatic hydroxyl groups is 4. The molecule has 0 saturated carbocycles. The summed E-state index contributed by atoms with van der Waals surface area (Å²) < 4.78 is 4.89. The van der Waals surface area contributed by atoms with Gasteiger partial charge < -0.3 is 25.2 Å². The van der Waals surface area contributed by atoms with Crippen molar-refractivity contribution < 1.29 is 25.2 Å². The molecule has 0 radical (unpaired) electrons. The molecule has 5 nitrogen and oxygen atoms in total. The third-order valence-corrected chi connectivity index (χ3v) is 2.11. The zero-order valence-corrected chi connectivity index (χ0v) is 8.63. The van der Waals surface area contributed by atoms with Gasteiger partial charge in [0, 0.05) is 6.42 Å². The Morgan fingerprint density at radius 1 is 1.14 bits per heavy atom. The molecule has 0 aromatic heterocycles. The summed E-state index contributed by atoms with van der Waals surface area (Å²) in [4.78, 5) is 0. The van der Waals surface area contributed by atoms with Gasteiger partial charge in [-0.05, 0) is 0 Å². The van der Waals surface area contributed by atoms with E-state index in [2.05, 4.69) is 0 Å². The number of ether oxygens (including phenoxy) is 1. The molecule has 1 rings (SSSR count). The van der Waals surface area contributed by atoms with Crippen LogP contribution in [0.4, 0.5) is 0 Å². The van der Waals surface area contributed by atoms with Crippen molar-refractivity contribution in [1.82, 2.24) is 0 Å². The molecule has 14 heavy (non-hydrogen) atoms. The first-order chi connectivity index (χ1) is 6.69. The zero-order chi connectivity index (χ0) is 11.1. The summed E-state index contributed by atoms with van der Waals surface area (Å²) in [5.74, 6) is -0.659. The summed E-state index contributed by atoms with van der Waals surface area (Å²) in [7, 11) is 0. The molecule has 86 valence electrons. The first-order valence-electron chi connectivity index (χ1n) is 4.92. The third-order valence-electron chi connectivity index (χ3n) is 2.11. The van der Waals surface area contributed by atoms with Crippen LogP contribution in [0.5, 0.6) is 0 Å². The van der Waals surface area contributed by atoms with Gasteiger partial charge in [-0.2, -0.15) is 0 Å². The highest BCUT2D eigenvalue weighted by molar-refractivity contribution is 4.79. The summed E-state index contributed by atoms with van der Waals surface area (Å²) in [6.07, 6.45) is -2.27. The standard InChI is InChI=1S/C7H14O5.C2H6/c8-2-4-1-6(10)5(3-9)7(11)12-4;1-2/h4-11H,1-3H2;1-2H3. The monoisotopic (exact) mass is 208 g/mol. The van der Waals surface area contributed by atoms with Gasteiger partial charge in [0.05, 0.1) is 31.3 Å². The molecule has 1 aliphatic heterocycles. The second-order valence-corrected chi connectivity index (χ2v) is 2.98. The summed E-state index contributed by atoms with van der Waals surface area (Å²) in [5, 5.41) is 35.9. The van der Waals surface area contributed by atoms with Gasteiger partial charge >= 0.3 is 0 Å². The molecule has 5 heteroatoms. The SMILES string of the molecule is CC.OCC1CC(O)C(CO)C(O)O1. The minimum Gasteiger partial charge on any atom is -0.396 e. The molecule has 1 fully saturated rings. The van der Waals surface area contributed by atoms with Crippen molar-refractivity contribution in [3.63, 3.8) is 0 Å². The van der Waals surface area contributed by atoms with Gasteiger partial charge in [-0.1, -0.05) is 13.8 Å². The van der Waals surface area contributed by atoms with E-state index in [0.29, 0.717) is 0 Å². The average Bonchev–Trinajstić information content (AvgIpc) is 2.20. The fraction of sp³-hybridized carbons (Fsp3) is 1.00. The first kappa shape index (κ1) is 13.8. The van der Waals surface area contributed by atoms with Gasteiger partial charge in [0.15, 0.2) is 6.29 Å². The van der Waals surface area contributed by atoms with Gasteiger partial charge in [-0.25, -0.2) is 0 Å². The molecule has 4 N–H and O–H groups in total. The van der Waals surface area contributed by atoms with E-state index in [1.165, 1.54) is 0 Å². The lowest BCUT2D eigenvalue weighted by atomic mass is 9.94. The molecule has 0 aliphatic carbocycles. The average molecular weight is 208 g/mol. The van der Waals surface area contributed by atoms with Gasteiger partial charge in [0.2, 0.25) is 0 Å². The molecule has 0 bridgehead atoms. The van der Waals surface area contributed by atoms with Gasteiger partial charge in [0.1, 0.15) is 0 Å². The summed E-state index contributed by atoms with van der Waals surface area (Å²) in [6, 6.07) is 0. The fourth-order valence-corrected chi connectivity index (χ4v) is 1.32. The van der Waals surface area contributed by atoms with Crippen molar-refractivity contribution in [1.29, 1.82) is 0 Å². The molecular weight excluding hydrogens is 188 g/mol. The minimum absolute atomic E-state index is 0.230. The number of rotatable bonds is 2. The van der Waals surface area contributed by atoms with E-state index in [1.54, 1.807) is 0 Å². The van der Waals surface area contributed by atoms with E-state index in [1.807, 2.05) is 13.8 Å². The minimum atomic E-state index is -1.18. The van der Waals surface area contributed by atoms with Crippen molar-refractivity contribution in [3.05, 3.63) is 0 Å². The fourth-order valence-electron chi connectivity index (χ4n) is 1.32. The highest BCUT2D eigenvalue weighted by Gasteiger charge is 2.35. The normalized spacial score (nSPS) is 37.3. The molecule has 0 amide bonds. The van der Waals surface area contributed by atoms with Crippen LogP contribution in [-0.4, -0.2) is 52.1 Å². The van der Waals surface area contributed by atoms with Crippen molar-refractivity contribution in [2.75, 3.05) is 13.2 Å². The largest absolute Gasteiger partial charge is 0.396 e. The molecule has 4 unspecified atom stereocenters. The van der Waals surface area contributed by atoms with Crippen LogP contribution < -0.4 is 0 Å². The first-order valence-corrected chi connectivity index (χ1v) is 4.92. The van der Waals surface area contributed by atoms with E-state index >= 15 is 0 Å². The third kappa shape index (κ3) is 3.51. The summed E-state index contributed by atoms with van der Waals surface area (Å²) >= 11 is 0. The predicted octanol–water partition coefficient (Wildman–Crippen LogP) is -0.918. The quantitative estimate of drug-likeness (QED) is 0.471. The van der Waals surface area contributed by atoms with E-state index in [-0.39, 0.29) is 19.6 Å². The van der Waals surface area contributed by atoms with Crippen LogP contribution in [0.25, 0.3) is 0 Å². The Morgan fingerprint density at radius 2 is 1.71 bits per heavy atom. The second kappa shape index (κ2) is 7.14. The van der Waals surface area contributed by atoms with Gasteiger partial charge in [-0.3, -0.25) is 0 Å². The number of aliphatic hydroxyl groups excluding tert-OH is 4. The molecule has 0 aromatic rings. The highest BCUT2D eigenvalue weighted by Crippen LogP contribution is 2.23. The van der Waals surface area contributed by atoms with Gasteiger partial charge in [-0.15, -0.1) is 0 Å². The molecule has 1 aliphatic rings. The smallest absolute Gasteiger partial charge is 0.162 e. The van der Waals surface area contributed by atoms with E-state index in [0.717, 1.165) is 0 Å². The molecule has 4 atom stereocenters. The Balaban J connectivity index is 0.000000791. The predicted molar refractivity (Wildman–Crippen MR) is 50.5 cm³/mol. The van der Waals surface area contributed by atoms with E-state index in [4.69, 9.17) is 14.9 Å². The maximum absolute atomic E-state index is 9.33. The van der Waals surface area contributed by atoms with Crippen molar-refractivity contribution >= 4 is 0 Å². The Kier molecular flexibility index (Phi) is 7.04. The van der Waals surface area contributed by atoms with Crippen LogP contribution in [0.2, 0.25) is 0 Å². The van der Waals surface area contributed by atoms with E-state index < -0.39 is 24.4 Å². The van der Waals surface area contributed by atoms with Gasteiger partial charge in [0.25, 0.3) is 0 Å². The molecular formula is C9H20O5. The lowest BCUT2D eigenvalue weighted by Gasteiger charge is -2.35.